The summed E-state index contributed by atoms with van der Waals surface area (Å²) in [5.74, 6) is -6.12. The molecule has 3 unspecified atom stereocenters. The van der Waals surface area contributed by atoms with Crippen LogP contribution in [0.15, 0.2) is 88.7 Å². The number of phenols is 2. The number of carboxylic acid groups (broad SMARTS) is 2. The van der Waals surface area contributed by atoms with Gasteiger partial charge >= 0.3 is 11.9 Å². The van der Waals surface area contributed by atoms with Gasteiger partial charge in [-0.1, -0.05) is 23.4 Å². The number of methoxy groups -OCH3 is 1. The first-order valence-electron chi connectivity index (χ1n) is 15.0. The summed E-state index contributed by atoms with van der Waals surface area (Å²) in [6, 6.07) is 12.9. The Balaban J connectivity index is 1.21. The van der Waals surface area contributed by atoms with Gasteiger partial charge in [-0.2, -0.15) is 4.57 Å². The molecule has 2 aromatic carbocycles. The number of aromatic nitrogens is 2. The number of thiazole rings is 1. The summed E-state index contributed by atoms with van der Waals surface area (Å²) in [6.07, 6.45) is 3.39. The number of hydrogen-bond acceptors (Lipinski definition) is 13. The van der Waals surface area contributed by atoms with Gasteiger partial charge in [0.25, 0.3) is 17.9 Å². The third-order valence-corrected chi connectivity index (χ3v) is 9.97. The van der Waals surface area contributed by atoms with E-state index in [9.17, 15) is 39.6 Å². The fourth-order valence-electron chi connectivity index (χ4n) is 5.56. The number of pyridine rings is 1. The number of thioether (sulfide) groups is 1. The predicted molar refractivity (Wildman–Crippen MR) is 184 cm³/mol. The molecule has 0 saturated carbocycles. The second kappa shape index (κ2) is 14.4. The van der Waals surface area contributed by atoms with Crippen molar-refractivity contribution in [2.45, 2.75) is 24.1 Å². The number of ether oxygens (including phenoxy) is 1. The van der Waals surface area contributed by atoms with Gasteiger partial charge in [0.05, 0.1) is 12.7 Å². The van der Waals surface area contributed by atoms with Crippen LogP contribution in [0.3, 0.4) is 0 Å². The lowest BCUT2D eigenvalue weighted by molar-refractivity contribution is -0.661. The molecular weight excluding hydrogens is 705 g/mol. The molecule has 16 nitrogen and oxygen atoms in total. The maximum atomic E-state index is 13.6. The molecule has 6 rings (SSSR count). The number of nitrogens with one attached hydrogen (secondary N) is 1. The largest absolute Gasteiger partial charge is 0.504 e. The molecule has 51 heavy (non-hydrogen) atoms. The van der Waals surface area contributed by atoms with Crippen LogP contribution in [0.1, 0.15) is 17.4 Å². The number of nitrogens with two attached hydrogens (primary N) is 1. The van der Waals surface area contributed by atoms with Crippen LogP contribution in [0.2, 0.25) is 0 Å². The first-order chi connectivity index (χ1) is 24.5. The van der Waals surface area contributed by atoms with Crippen LogP contribution in [-0.4, -0.2) is 84.1 Å². The number of anilines is 1. The molecule has 2 aliphatic heterocycles. The second-order valence-corrected chi connectivity index (χ2v) is 13.0. The topological polar surface area (TPSA) is 238 Å². The summed E-state index contributed by atoms with van der Waals surface area (Å²) in [4.78, 5) is 61.8. The zero-order valence-corrected chi connectivity index (χ0v) is 28.1. The number of nitrogen functional groups attached to an aromatic ring is 1. The molecular formula is C33H29N6O10S2+. The van der Waals surface area contributed by atoms with Crippen molar-refractivity contribution in [3.8, 4) is 17.2 Å². The van der Waals surface area contributed by atoms with Crippen LogP contribution >= 0.6 is 23.1 Å². The van der Waals surface area contributed by atoms with Crippen LogP contribution in [-0.2, 0) is 30.6 Å². The number of benzene rings is 2. The first-order valence-corrected chi connectivity index (χ1v) is 17.0. The molecule has 3 atom stereocenters. The molecule has 18 heteroatoms. The van der Waals surface area contributed by atoms with Crippen LogP contribution in [0, 0.1) is 0 Å². The number of fused-ring (bicyclic) bond motifs is 2. The summed E-state index contributed by atoms with van der Waals surface area (Å²) in [6.45, 7) is 0.450. The van der Waals surface area contributed by atoms with E-state index in [1.54, 1.807) is 6.08 Å². The van der Waals surface area contributed by atoms with E-state index >= 15 is 0 Å². The minimum atomic E-state index is -2.01. The molecule has 1 saturated heterocycles. The van der Waals surface area contributed by atoms with Crippen LogP contribution < -0.4 is 20.4 Å². The van der Waals surface area contributed by atoms with E-state index in [2.05, 4.69) is 15.5 Å². The van der Waals surface area contributed by atoms with E-state index in [-0.39, 0.29) is 28.0 Å². The fraction of sp³-hybridized carbons (Fsp3) is 0.182. The van der Waals surface area contributed by atoms with Crippen LogP contribution in [0.5, 0.6) is 17.2 Å². The average molecular weight is 734 g/mol. The number of oxime groups is 1. The Labute approximate surface area is 296 Å². The number of para-hydroxylation sites is 1. The molecule has 2 aromatic heterocycles. The van der Waals surface area contributed by atoms with Gasteiger partial charge in [0, 0.05) is 28.7 Å². The lowest BCUT2D eigenvalue weighted by Crippen LogP contribution is -2.71. The zero-order valence-electron chi connectivity index (χ0n) is 26.5. The van der Waals surface area contributed by atoms with E-state index < -0.39 is 64.0 Å². The summed E-state index contributed by atoms with van der Waals surface area (Å²) in [7, 11) is 1.23. The molecule has 4 heterocycles. The number of phenolic OH excluding ortho intramolecular Hbond substituents is 2. The highest BCUT2D eigenvalue weighted by Crippen LogP contribution is 2.42. The third kappa shape index (κ3) is 6.73. The van der Waals surface area contributed by atoms with Gasteiger partial charge in [-0.05, 0) is 35.9 Å². The Hall–Kier alpha value is -6.14. The van der Waals surface area contributed by atoms with Crippen molar-refractivity contribution >= 4 is 68.6 Å². The zero-order chi connectivity index (χ0) is 36.4. The minimum Gasteiger partial charge on any atom is -0.504 e. The Morgan fingerprint density at radius 2 is 1.92 bits per heavy atom. The Kier molecular flexibility index (Phi) is 9.79. The number of carbonyl (C=O) groups is 4. The van der Waals surface area contributed by atoms with Crippen LogP contribution in [0.4, 0.5) is 5.13 Å². The molecule has 4 aromatic rings. The van der Waals surface area contributed by atoms with E-state index in [0.717, 1.165) is 33.2 Å². The number of carboxylic acids is 2. The maximum absolute atomic E-state index is 13.6. The monoisotopic (exact) mass is 733 g/mol. The molecule has 7 N–H and O–H groups in total. The Bertz CT molecular complexity index is 2160. The highest BCUT2D eigenvalue weighted by Gasteiger charge is 2.54. The Morgan fingerprint density at radius 1 is 1.16 bits per heavy atom. The van der Waals surface area contributed by atoms with Gasteiger partial charge in [-0.25, -0.2) is 14.6 Å². The number of allylic oxidation sites excluding steroid dienone is 2. The number of aliphatic carboxylic acids is 2. The van der Waals surface area contributed by atoms with Crippen molar-refractivity contribution < 1.29 is 53.7 Å². The number of aromatic hydroxyl groups is 2. The maximum Gasteiger partial charge on any atom is 0.352 e. The molecule has 0 bridgehead atoms. The third-order valence-electron chi connectivity index (χ3n) is 8.00. The first kappa shape index (κ1) is 34.7. The van der Waals surface area contributed by atoms with E-state index in [1.165, 1.54) is 30.3 Å². The lowest BCUT2D eigenvalue weighted by Gasteiger charge is -2.49. The molecule has 2 aliphatic rings. The summed E-state index contributed by atoms with van der Waals surface area (Å²) >= 11 is 2.20. The Morgan fingerprint density at radius 3 is 2.63 bits per heavy atom. The van der Waals surface area contributed by atoms with Crippen molar-refractivity contribution in [2.24, 2.45) is 5.16 Å². The molecule has 0 spiro atoms. The van der Waals surface area contributed by atoms with Crippen molar-refractivity contribution in [1.82, 2.24) is 15.2 Å². The highest BCUT2D eigenvalue weighted by atomic mass is 32.2. The van der Waals surface area contributed by atoms with Gasteiger partial charge < -0.3 is 41.1 Å². The summed E-state index contributed by atoms with van der Waals surface area (Å²) in [5, 5.41) is 48.5. The van der Waals surface area contributed by atoms with Crippen molar-refractivity contribution in [1.29, 1.82) is 0 Å². The predicted octanol–water partition coefficient (Wildman–Crippen LogP) is 2.13. The number of β-lactam (4-membered cyclic amide) rings is 1. The molecule has 262 valence electrons. The number of carbonyl (C=O) groups excluding carboxylic acids is 2. The van der Waals surface area contributed by atoms with Crippen molar-refractivity contribution in [3.05, 3.63) is 94.8 Å². The van der Waals surface area contributed by atoms with Crippen molar-refractivity contribution in [3.63, 3.8) is 0 Å². The average Bonchev–Trinajstić information content (AvgIpc) is 3.55. The number of amides is 2. The normalized spacial score (nSPS) is 17.9. The fourth-order valence-corrected chi connectivity index (χ4v) is 7.43. The van der Waals surface area contributed by atoms with E-state index in [1.807, 2.05) is 53.2 Å². The number of rotatable bonds is 12. The van der Waals surface area contributed by atoms with Crippen molar-refractivity contribution in [2.75, 3.05) is 18.6 Å². The summed E-state index contributed by atoms with van der Waals surface area (Å²) < 4.78 is 6.92. The molecule has 1 fully saturated rings. The van der Waals surface area contributed by atoms with Crippen LogP contribution in [0.25, 0.3) is 10.9 Å². The van der Waals surface area contributed by atoms with E-state index in [4.69, 9.17) is 15.3 Å². The van der Waals surface area contributed by atoms with Gasteiger partial charge in [0.15, 0.2) is 35.1 Å². The van der Waals surface area contributed by atoms with Gasteiger partial charge in [0.1, 0.15) is 22.8 Å². The second-order valence-electron chi connectivity index (χ2n) is 11.1. The van der Waals surface area contributed by atoms with Gasteiger partial charge in [-0.15, -0.1) is 23.1 Å². The smallest absolute Gasteiger partial charge is 0.352 e. The van der Waals surface area contributed by atoms with E-state index in [0.29, 0.717) is 12.1 Å². The van der Waals surface area contributed by atoms with Gasteiger partial charge in [-0.3, -0.25) is 14.5 Å². The van der Waals surface area contributed by atoms with Gasteiger partial charge in [0.2, 0.25) is 11.3 Å². The standard InChI is InChI=1S/C33H28N6O10S2/c1-48-21-11-10-18(25(40)26(21)41)27(32(46)47)49-37-22(19-15-51-33(34)35-19)28(42)36-23-29(43)39-24(31(44)45)17(14-50-30(23)39)8-5-13-38-12-4-7-16-6-2-3-9-20(16)38/h2-12,15,23,27,30H,13-14H2,1H3,(H6-,34,35,36,37,40,41,42,44,45,46,47)/p+1. The lowest BCUT2D eigenvalue weighted by atomic mass is 10.0. The highest BCUT2D eigenvalue weighted by molar-refractivity contribution is 8.00. The minimum absolute atomic E-state index is 0.0439. The molecule has 2 amide bonds. The number of hydrogen-bond donors (Lipinski definition) is 6. The number of nitrogens with zero attached hydrogens (tertiary/aromatic N) is 4. The molecule has 0 radical (unpaired) electrons. The SMILES string of the molecule is COc1ccc(C(ON=C(C(=O)NC2C(=O)N3C(C(=O)O)=C(C=CC[n+]4cccc5ccccc54)CSC23)c2csc(N)n2)C(=O)O)c(O)c1O. The molecule has 0 aliphatic carbocycles. The quantitative estimate of drug-likeness (QED) is 0.0403. The summed E-state index contributed by atoms with van der Waals surface area (Å²) in [5.41, 5.74) is 5.90.